The highest BCUT2D eigenvalue weighted by molar-refractivity contribution is 5.60. The molecule has 1 aliphatic rings. The summed E-state index contributed by atoms with van der Waals surface area (Å²) < 4.78 is 10.6. The van der Waals surface area contributed by atoms with Gasteiger partial charge in [0.05, 0.1) is 0 Å². The fourth-order valence-electron chi connectivity index (χ4n) is 2.76. The van der Waals surface area contributed by atoms with Crippen molar-refractivity contribution in [2.45, 2.75) is 72.5 Å². The first-order valence-electron chi connectivity index (χ1n) is 6.47. The van der Waals surface area contributed by atoms with E-state index in [0.717, 1.165) is 12.8 Å². The third kappa shape index (κ3) is 5.42. The van der Waals surface area contributed by atoms with Crippen LogP contribution in [-0.2, 0) is 9.47 Å². The molecule has 0 heterocycles. The summed E-state index contributed by atoms with van der Waals surface area (Å²) in [5.74, 6) is 0.603. The summed E-state index contributed by atoms with van der Waals surface area (Å²) in [6.07, 6.45) is 2.54. The predicted octanol–water partition coefficient (Wildman–Crippen LogP) is 4.15. The molecule has 1 aliphatic carbocycles. The van der Waals surface area contributed by atoms with Gasteiger partial charge in [0, 0.05) is 0 Å². The first-order chi connectivity index (χ1) is 7.57. The van der Waals surface area contributed by atoms with E-state index in [1.807, 2.05) is 20.8 Å². The van der Waals surface area contributed by atoms with Gasteiger partial charge in [-0.15, -0.1) is 0 Å². The molecule has 1 rings (SSSR count). The maximum atomic E-state index is 11.6. The van der Waals surface area contributed by atoms with E-state index in [1.165, 1.54) is 6.42 Å². The molecule has 1 fully saturated rings. The molecule has 0 radical (unpaired) electrons. The van der Waals surface area contributed by atoms with Crippen molar-refractivity contribution in [1.29, 1.82) is 0 Å². The van der Waals surface area contributed by atoms with Crippen molar-refractivity contribution in [3.63, 3.8) is 0 Å². The van der Waals surface area contributed by atoms with E-state index in [1.54, 1.807) is 0 Å². The normalized spacial score (nSPS) is 28.6. The second-order valence-electron chi connectivity index (χ2n) is 7.12. The van der Waals surface area contributed by atoms with Gasteiger partial charge in [-0.2, -0.15) is 0 Å². The van der Waals surface area contributed by atoms with Crippen LogP contribution in [0.1, 0.15) is 60.8 Å². The first-order valence-corrected chi connectivity index (χ1v) is 6.47. The predicted molar refractivity (Wildman–Crippen MR) is 67.9 cm³/mol. The lowest BCUT2D eigenvalue weighted by molar-refractivity contribution is -0.0513. The molecule has 1 saturated carbocycles. The molecule has 17 heavy (non-hydrogen) atoms. The van der Waals surface area contributed by atoms with Gasteiger partial charge in [-0.3, -0.25) is 0 Å². The lowest BCUT2D eigenvalue weighted by Crippen LogP contribution is -2.35. The van der Waals surface area contributed by atoms with Gasteiger partial charge in [0.1, 0.15) is 11.7 Å². The van der Waals surface area contributed by atoms with E-state index in [0.29, 0.717) is 5.92 Å². The van der Waals surface area contributed by atoms with Gasteiger partial charge < -0.3 is 9.47 Å². The summed E-state index contributed by atoms with van der Waals surface area (Å²) >= 11 is 0. The Bertz CT molecular complexity index is 276. The summed E-state index contributed by atoms with van der Waals surface area (Å²) in [5, 5.41) is 0. The highest BCUT2D eigenvalue weighted by Crippen LogP contribution is 2.39. The molecule has 3 nitrogen and oxygen atoms in total. The van der Waals surface area contributed by atoms with Crippen LogP contribution in [0.3, 0.4) is 0 Å². The molecule has 3 heteroatoms. The van der Waals surface area contributed by atoms with Crippen LogP contribution in [0.25, 0.3) is 0 Å². The van der Waals surface area contributed by atoms with Gasteiger partial charge in [-0.25, -0.2) is 4.79 Å². The third-order valence-corrected chi connectivity index (χ3v) is 3.00. The van der Waals surface area contributed by atoms with E-state index >= 15 is 0 Å². The highest BCUT2D eigenvalue weighted by atomic mass is 16.7. The van der Waals surface area contributed by atoms with Gasteiger partial charge in [0.25, 0.3) is 0 Å². The maximum Gasteiger partial charge on any atom is 0.509 e. The van der Waals surface area contributed by atoms with Crippen LogP contribution in [0.4, 0.5) is 4.79 Å². The van der Waals surface area contributed by atoms with Crippen molar-refractivity contribution in [2.24, 2.45) is 11.3 Å². The molecule has 0 aliphatic heterocycles. The SMILES string of the molecule is C[C@H]1C[C@@H](OC(=O)OC(C)(C)C)CC(C)(C)C1. The Morgan fingerprint density at radius 3 is 2.29 bits per heavy atom. The third-order valence-electron chi connectivity index (χ3n) is 3.00. The van der Waals surface area contributed by atoms with Crippen molar-refractivity contribution in [1.82, 2.24) is 0 Å². The van der Waals surface area contributed by atoms with Crippen LogP contribution >= 0.6 is 0 Å². The number of hydrogen-bond acceptors (Lipinski definition) is 3. The molecule has 0 unspecified atom stereocenters. The molecular weight excluding hydrogens is 216 g/mol. The van der Waals surface area contributed by atoms with Crippen molar-refractivity contribution < 1.29 is 14.3 Å². The van der Waals surface area contributed by atoms with E-state index in [4.69, 9.17) is 9.47 Å². The van der Waals surface area contributed by atoms with Crippen LogP contribution in [-0.4, -0.2) is 17.9 Å². The van der Waals surface area contributed by atoms with Gasteiger partial charge in [-0.1, -0.05) is 20.8 Å². The van der Waals surface area contributed by atoms with Crippen LogP contribution in [0.2, 0.25) is 0 Å². The number of carbonyl (C=O) groups excluding carboxylic acids is 1. The van der Waals surface area contributed by atoms with Gasteiger partial charge in [-0.05, 0) is 51.4 Å². The zero-order valence-electron chi connectivity index (χ0n) is 12.0. The Balaban J connectivity index is 2.49. The van der Waals surface area contributed by atoms with Crippen molar-refractivity contribution >= 4 is 6.16 Å². The number of rotatable bonds is 1. The minimum Gasteiger partial charge on any atom is -0.431 e. The second kappa shape index (κ2) is 4.87. The van der Waals surface area contributed by atoms with Crippen LogP contribution < -0.4 is 0 Å². The summed E-state index contributed by atoms with van der Waals surface area (Å²) in [4.78, 5) is 11.6. The Morgan fingerprint density at radius 1 is 1.24 bits per heavy atom. The lowest BCUT2D eigenvalue weighted by Gasteiger charge is -2.38. The van der Waals surface area contributed by atoms with Gasteiger partial charge in [0.2, 0.25) is 0 Å². The molecule has 0 aromatic heterocycles. The van der Waals surface area contributed by atoms with Crippen LogP contribution in [0, 0.1) is 11.3 Å². The summed E-state index contributed by atoms with van der Waals surface area (Å²) in [6.45, 7) is 12.2. The number of carbonyl (C=O) groups is 1. The molecule has 0 aromatic carbocycles. The Morgan fingerprint density at radius 2 is 1.82 bits per heavy atom. The average Bonchev–Trinajstić information content (AvgIpc) is 1.93. The van der Waals surface area contributed by atoms with Crippen molar-refractivity contribution in [3.05, 3.63) is 0 Å². The van der Waals surface area contributed by atoms with Crippen LogP contribution in [0.15, 0.2) is 0 Å². The molecule has 0 spiro atoms. The first kappa shape index (κ1) is 14.3. The summed E-state index contributed by atoms with van der Waals surface area (Å²) in [7, 11) is 0. The van der Waals surface area contributed by atoms with E-state index < -0.39 is 11.8 Å². The van der Waals surface area contributed by atoms with E-state index in [2.05, 4.69) is 20.8 Å². The summed E-state index contributed by atoms with van der Waals surface area (Å²) in [6, 6.07) is 0. The van der Waals surface area contributed by atoms with Crippen molar-refractivity contribution in [2.75, 3.05) is 0 Å². The van der Waals surface area contributed by atoms with E-state index in [9.17, 15) is 4.79 Å². The zero-order valence-corrected chi connectivity index (χ0v) is 12.0. The monoisotopic (exact) mass is 242 g/mol. The van der Waals surface area contributed by atoms with Gasteiger partial charge in [0.15, 0.2) is 0 Å². The van der Waals surface area contributed by atoms with Gasteiger partial charge >= 0.3 is 6.16 Å². The fraction of sp³-hybridized carbons (Fsp3) is 0.929. The quantitative estimate of drug-likeness (QED) is 0.648. The molecule has 0 bridgehead atoms. The standard InChI is InChI=1S/C14H26O3/c1-10-7-11(9-14(5,6)8-10)16-12(15)17-13(2,3)4/h10-11H,7-9H2,1-6H3/t10-,11+/m0/s1. The average molecular weight is 242 g/mol. The fourth-order valence-corrected chi connectivity index (χ4v) is 2.76. The van der Waals surface area contributed by atoms with Crippen molar-refractivity contribution in [3.8, 4) is 0 Å². The Kier molecular flexibility index (Phi) is 4.11. The lowest BCUT2D eigenvalue weighted by atomic mass is 9.71. The Labute approximate surface area is 105 Å². The second-order valence-corrected chi connectivity index (χ2v) is 7.12. The molecule has 100 valence electrons. The Hall–Kier alpha value is -0.730. The molecule has 2 atom stereocenters. The largest absolute Gasteiger partial charge is 0.509 e. The smallest absolute Gasteiger partial charge is 0.431 e. The number of ether oxygens (including phenoxy) is 2. The molecule has 0 N–H and O–H groups in total. The molecule has 0 aromatic rings. The zero-order chi connectivity index (χ0) is 13.3. The van der Waals surface area contributed by atoms with Crippen LogP contribution in [0.5, 0.6) is 0 Å². The van der Waals surface area contributed by atoms with E-state index in [-0.39, 0.29) is 11.5 Å². The minimum atomic E-state index is -0.535. The highest BCUT2D eigenvalue weighted by Gasteiger charge is 2.34. The molecular formula is C14H26O3. The minimum absolute atomic E-state index is 0.00333. The molecule has 0 amide bonds. The summed E-state index contributed by atoms with van der Waals surface area (Å²) in [5.41, 5.74) is -0.225. The maximum absolute atomic E-state index is 11.6. The topological polar surface area (TPSA) is 35.5 Å². The molecule has 0 saturated heterocycles. The number of hydrogen-bond donors (Lipinski definition) is 0.